The second-order valence-corrected chi connectivity index (χ2v) is 2.43. The molecule has 14 heavy (non-hydrogen) atoms. The van der Waals surface area contributed by atoms with E-state index in [0.29, 0.717) is 19.6 Å². The van der Waals surface area contributed by atoms with Crippen LogP contribution in [0.1, 0.15) is 6.42 Å². The van der Waals surface area contributed by atoms with E-state index in [1.165, 1.54) is 0 Å². The third kappa shape index (κ3) is 14.2. The molecule has 0 fully saturated rings. The first kappa shape index (κ1) is 23.4. The molecule has 0 unspecified atom stereocenters. The summed E-state index contributed by atoms with van der Waals surface area (Å²) in [7, 11) is 0. The highest BCUT2D eigenvalue weighted by atomic mass is 19.0. The van der Waals surface area contributed by atoms with Gasteiger partial charge >= 0.3 is 0 Å². The van der Waals surface area contributed by atoms with E-state index in [4.69, 9.17) is 15.9 Å². The molecule has 0 aliphatic carbocycles. The zero-order valence-corrected chi connectivity index (χ0v) is 8.09. The number of nitrogens with zero attached hydrogens (tertiary/aromatic N) is 1. The van der Waals surface area contributed by atoms with Gasteiger partial charge in [-0.15, -0.1) is 0 Å². The summed E-state index contributed by atoms with van der Waals surface area (Å²) in [5.41, 5.74) is 5.32. The molecule has 4 nitrogen and oxygen atoms in total. The Kier molecular flexibility index (Phi) is 30.8. The molecule has 0 atom stereocenters. The lowest BCUT2D eigenvalue weighted by Crippen LogP contribution is -2.31. The quantitative estimate of drug-likeness (QED) is 0.521. The molecule has 0 saturated heterocycles. The molecule has 0 aromatic heterocycles. The van der Waals surface area contributed by atoms with Crippen molar-refractivity contribution in [2.45, 2.75) is 6.42 Å². The van der Waals surface area contributed by atoms with Crippen LogP contribution in [-0.2, 0) is 0 Å². The van der Waals surface area contributed by atoms with E-state index in [-0.39, 0.29) is 27.3 Å². The highest BCUT2D eigenvalue weighted by molar-refractivity contribution is 4.56. The van der Waals surface area contributed by atoms with E-state index in [0.717, 1.165) is 13.0 Å². The lowest BCUT2D eigenvalue weighted by atomic mass is 10.3. The molecule has 0 heterocycles. The summed E-state index contributed by atoms with van der Waals surface area (Å²) in [6.45, 7) is 3.06. The van der Waals surface area contributed by atoms with Gasteiger partial charge in [0.05, 0.1) is 13.2 Å². The van der Waals surface area contributed by atoms with Gasteiger partial charge in [-0.3, -0.25) is 19.0 Å². The highest BCUT2D eigenvalue weighted by Crippen LogP contribution is 1.88. The van der Waals surface area contributed by atoms with Crippen molar-refractivity contribution in [3.05, 3.63) is 0 Å². The van der Waals surface area contributed by atoms with Crippen molar-refractivity contribution >= 4 is 0 Å². The van der Waals surface area contributed by atoms with Gasteiger partial charge < -0.3 is 15.9 Å². The maximum absolute atomic E-state index is 8.61. The van der Waals surface area contributed by atoms with Crippen LogP contribution in [-0.4, -0.2) is 54.5 Å². The number of halogens is 3. The fourth-order valence-corrected chi connectivity index (χ4v) is 0.933. The van der Waals surface area contributed by atoms with Crippen molar-refractivity contribution in [1.82, 2.24) is 4.90 Å². The predicted molar refractivity (Wildman–Crippen MR) is 51.8 cm³/mol. The summed E-state index contributed by atoms with van der Waals surface area (Å²) in [4.78, 5) is 1.99. The Hall–Kier alpha value is -0.370. The van der Waals surface area contributed by atoms with Crippen LogP contribution >= 0.6 is 0 Å². The van der Waals surface area contributed by atoms with Crippen molar-refractivity contribution in [3.63, 3.8) is 0 Å². The van der Waals surface area contributed by atoms with Crippen LogP contribution < -0.4 is 5.73 Å². The van der Waals surface area contributed by atoms with Gasteiger partial charge in [-0.1, -0.05) is 0 Å². The first-order chi connectivity index (χ1) is 5.35. The fourth-order valence-electron chi connectivity index (χ4n) is 0.933. The molecule has 0 aromatic rings. The molecule has 92 valence electrons. The van der Waals surface area contributed by atoms with E-state index in [9.17, 15) is 0 Å². The molecule has 0 aliphatic heterocycles. The molecule has 0 rings (SSSR count). The van der Waals surface area contributed by atoms with Crippen molar-refractivity contribution in [2.24, 2.45) is 5.73 Å². The molecular weight excluding hydrogens is 201 g/mol. The molecule has 0 bridgehead atoms. The van der Waals surface area contributed by atoms with Crippen LogP contribution in [0.4, 0.5) is 14.1 Å². The average Bonchev–Trinajstić information content (AvgIpc) is 2.01. The van der Waals surface area contributed by atoms with Crippen LogP contribution in [0.2, 0.25) is 0 Å². The van der Waals surface area contributed by atoms with Gasteiger partial charge in [0.15, 0.2) is 0 Å². The second kappa shape index (κ2) is 18.4. The largest absolute Gasteiger partial charge is 0.395 e. The van der Waals surface area contributed by atoms with E-state index >= 15 is 0 Å². The number of aliphatic hydroxyl groups is 2. The Bertz CT molecular complexity index is 85.3. The van der Waals surface area contributed by atoms with Gasteiger partial charge in [-0.25, -0.2) is 0 Å². The molecule has 0 spiro atoms. The Labute approximate surface area is 81.8 Å². The minimum atomic E-state index is 0. The summed E-state index contributed by atoms with van der Waals surface area (Å²) in [6.07, 6.45) is 0.917. The number of nitrogens with two attached hydrogens (primary N) is 1. The molecular formula is C7H21F3N2O2. The zero-order chi connectivity index (χ0) is 8.53. The summed E-state index contributed by atoms with van der Waals surface area (Å²) in [5, 5.41) is 17.2. The van der Waals surface area contributed by atoms with Crippen LogP contribution in [0.5, 0.6) is 0 Å². The molecule has 0 saturated carbocycles. The minimum absolute atomic E-state index is 0. The number of rotatable bonds is 7. The summed E-state index contributed by atoms with van der Waals surface area (Å²) in [6, 6.07) is 0. The van der Waals surface area contributed by atoms with Crippen molar-refractivity contribution in [1.29, 1.82) is 0 Å². The minimum Gasteiger partial charge on any atom is -0.395 e. The Morgan fingerprint density at radius 1 is 0.857 bits per heavy atom. The summed E-state index contributed by atoms with van der Waals surface area (Å²) in [5.74, 6) is 0. The predicted octanol–water partition coefficient (Wildman–Crippen LogP) is -0.921. The highest BCUT2D eigenvalue weighted by Gasteiger charge is 2.00. The SMILES string of the molecule is F.F.F.NCCCN(CCO)CCO. The second-order valence-electron chi connectivity index (χ2n) is 2.43. The van der Waals surface area contributed by atoms with Gasteiger partial charge in [0.1, 0.15) is 0 Å². The third-order valence-corrected chi connectivity index (χ3v) is 1.51. The van der Waals surface area contributed by atoms with Crippen LogP contribution in [0.15, 0.2) is 0 Å². The molecule has 0 radical (unpaired) electrons. The van der Waals surface area contributed by atoms with E-state index < -0.39 is 0 Å². The van der Waals surface area contributed by atoms with Crippen molar-refractivity contribution in [3.8, 4) is 0 Å². The molecule has 0 aliphatic rings. The normalized spacial score (nSPS) is 8.57. The number of aliphatic hydroxyl groups excluding tert-OH is 2. The lowest BCUT2D eigenvalue weighted by Gasteiger charge is -2.19. The molecule has 7 heteroatoms. The van der Waals surface area contributed by atoms with Crippen LogP contribution in [0, 0.1) is 0 Å². The maximum atomic E-state index is 8.61. The van der Waals surface area contributed by atoms with Gasteiger partial charge in [-0.05, 0) is 19.5 Å². The Morgan fingerprint density at radius 3 is 1.57 bits per heavy atom. The van der Waals surface area contributed by atoms with E-state index in [1.54, 1.807) is 0 Å². The van der Waals surface area contributed by atoms with Crippen LogP contribution in [0.25, 0.3) is 0 Å². The van der Waals surface area contributed by atoms with E-state index in [1.807, 2.05) is 4.90 Å². The average molecular weight is 222 g/mol. The molecule has 0 amide bonds. The van der Waals surface area contributed by atoms with Crippen LogP contribution in [0.3, 0.4) is 0 Å². The topological polar surface area (TPSA) is 69.7 Å². The Morgan fingerprint density at radius 2 is 1.29 bits per heavy atom. The Balaban J connectivity index is -0.000000167. The smallest absolute Gasteiger partial charge is 0.0558 e. The third-order valence-electron chi connectivity index (χ3n) is 1.51. The summed E-state index contributed by atoms with van der Waals surface area (Å²) >= 11 is 0. The van der Waals surface area contributed by atoms with Gasteiger partial charge in [0, 0.05) is 13.1 Å². The van der Waals surface area contributed by atoms with E-state index in [2.05, 4.69) is 0 Å². The zero-order valence-electron chi connectivity index (χ0n) is 8.09. The first-order valence-electron chi connectivity index (χ1n) is 3.99. The standard InChI is InChI=1S/C7H18N2O2.3FH/c8-2-1-3-9(4-6-10)5-7-11;;;/h10-11H,1-8H2;3*1H. The van der Waals surface area contributed by atoms with Crippen molar-refractivity contribution < 1.29 is 24.3 Å². The fraction of sp³-hybridized carbons (Fsp3) is 1.00. The first-order valence-corrected chi connectivity index (χ1v) is 3.99. The van der Waals surface area contributed by atoms with Gasteiger partial charge in [0.25, 0.3) is 0 Å². The number of hydrogen-bond acceptors (Lipinski definition) is 4. The maximum Gasteiger partial charge on any atom is 0.0558 e. The molecule has 0 aromatic carbocycles. The van der Waals surface area contributed by atoms with Crippen molar-refractivity contribution in [2.75, 3.05) is 39.4 Å². The number of hydrogen-bond donors (Lipinski definition) is 3. The lowest BCUT2D eigenvalue weighted by molar-refractivity contribution is 0.160. The van der Waals surface area contributed by atoms with Gasteiger partial charge in [0.2, 0.25) is 0 Å². The van der Waals surface area contributed by atoms with Gasteiger partial charge in [-0.2, -0.15) is 0 Å². The summed E-state index contributed by atoms with van der Waals surface area (Å²) < 4.78 is 0. The molecule has 4 N–H and O–H groups in total. The monoisotopic (exact) mass is 222 g/mol.